The normalized spacial score (nSPS) is 17.3. The van der Waals surface area contributed by atoms with E-state index in [1.807, 2.05) is 4.90 Å². The third-order valence-corrected chi connectivity index (χ3v) is 3.92. The molecular weight excluding hydrogens is 281 g/mol. The lowest BCUT2D eigenvalue weighted by Crippen LogP contribution is -2.32. The minimum Gasteiger partial charge on any atom is -0.299 e. The van der Waals surface area contributed by atoms with Gasteiger partial charge < -0.3 is 0 Å². The van der Waals surface area contributed by atoms with E-state index in [0.717, 1.165) is 37.7 Å². The van der Waals surface area contributed by atoms with E-state index in [2.05, 4.69) is 15.4 Å². The second-order valence-electron chi connectivity index (χ2n) is 5.31. The predicted octanol–water partition coefficient (Wildman–Crippen LogP) is 2.60. The molecule has 0 saturated carbocycles. The smallest absolute Gasteiger partial charge is 0.161 e. The molecule has 7 heteroatoms. The summed E-state index contributed by atoms with van der Waals surface area (Å²) >= 11 is 0. The van der Waals surface area contributed by atoms with Crippen molar-refractivity contribution in [3.05, 3.63) is 47.0 Å². The zero-order valence-electron chi connectivity index (χ0n) is 11.3. The molecule has 0 spiro atoms. The van der Waals surface area contributed by atoms with Crippen LogP contribution >= 0.6 is 0 Å². The zero-order chi connectivity index (χ0) is 14.8. The maximum atomic E-state index is 13.6. The summed E-state index contributed by atoms with van der Waals surface area (Å²) < 4.78 is 39.7. The second-order valence-corrected chi connectivity index (χ2v) is 5.31. The van der Waals surface area contributed by atoms with Gasteiger partial charge in [0.2, 0.25) is 0 Å². The third-order valence-electron chi connectivity index (χ3n) is 3.92. The SMILES string of the molecule is Fc1cc(F)c(CN2CCC(c3c[nH]nn3)CC2)cc1F. The van der Waals surface area contributed by atoms with E-state index in [-0.39, 0.29) is 12.1 Å². The topological polar surface area (TPSA) is 44.8 Å². The van der Waals surface area contributed by atoms with Gasteiger partial charge in [-0.05, 0) is 32.0 Å². The Balaban J connectivity index is 1.62. The monoisotopic (exact) mass is 296 g/mol. The van der Waals surface area contributed by atoms with Gasteiger partial charge >= 0.3 is 0 Å². The molecule has 4 nitrogen and oxygen atoms in total. The largest absolute Gasteiger partial charge is 0.299 e. The van der Waals surface area contributed by atoms with Gasteiger partial charge in [-0.1, -0.05) is 5.21 Å². The van der Waals surface area contributed by atoms with Gasteiger partial charge in [0.15, 0.2) is 11.6 Å². The number of halogens is 3. The summed E-state index contributed by atoms with van der Waals surface area (Å²) in [6.07, 6.45) is 3.56. The van der Waals surface area contributed by atoms with Crippen molar-refractivity contribution in [3.63, 3.8) is 0 Å². The Morgan fingerprint density at radius 2 is 1.81 bits per heavy atom. The van der Waals surface area contributed by atoms with Crippen LogP contribution in [0.5, 0.6) is 0 Å². The molecule has 1 aliphatic heterocycles. The highest BCUT2D eigenvalue weighted by Gasteiger charge is 2.23. The van der Waals surface area contributed by atoms with Crippen molar-refractivity contribution in [2.24, 2.45) is 0 Å². The summed E-state index contributed by atoms with van der Waals surface area (Å²) in [5.41, 5.74) is 1.13. The molecule has 2 aromatic rings. The number of aromatic nitrogens is 3. The Labute approximate surface area is 120 Å². The molecule has 0 amide bonds. The van der Waals surface area contributed by atoms with Crippen LogP contribution in [0.25, 0.3) is 0 Å². The molecule has 1 aromatic heterocycles. The molecule has 1 N–H and O–H groups in total. The van der Waals surface area contributed by atoms with Crippen molar-refractivity contribution in [3.8, 4) is 0 Å². The summed E-state index contributed by atoms with van der Waals surface area (Å²) in [6.45, 7) is 1.81. The molecule has 2 heterocycles. The van der Waals surface area contributed by atoms with Gasteiger partial charge in [0, 0.05) is 30.3 Å². The average Bonchev–Trinajstić information content (AvgIpc) is 3.00. The molecule has 3 rings (SSSR count). The number of rotatable bonds is 3. The highest BCUT2D eigenvalue weighted by molar-refractivity contribution is 5.20. The van der Waals surface area contributed by atoms with E-state index in [4.69, 9.17) is 0 Å². The summed E-state index contributed by atoms with van der Waals surface area (Å²) in [5, 5.41) is 10.4. The van der Waals surface area contributed by atoms with Gasteiger partial charge in [-0.2, -0.15) is 0 Å². The summed E-state index contributed by atoms with van der Waals surface area (Å²) in [7, 11) is 0. The molecule has 0 radical (unpaired) electrons. The minimum atomic E-state index is -1.15. The van der Waals surface area contributed by atoms with E-state index in [0.29, 0.717) is 12.0 Å². The van der Waals surface area contributed by atoms with Crippen molar-refractivity contribution in [2.45, 2.75) is 25.3 Å². The molecule has 112 valence electrons. The van der Waals surface area contributed by atoms with Crippen LogP contribution in [-0.2, 0) is 6.54 Å². The minimum absolute atomic E-state index is 0.189. The van der Waals surface area contributed by atoms with Crippen molar-refractivity contribution in [1.82, 2.24) is 20.3 Å². The van der Waals surface area contributed by atoms with Gasteiger partial charge in [-0.25, -0.2) is 13.2 Å². The number of H-pyrrole nitrogens is 1. The first kappa shape index (κ1) is 14.1. The Kier molecular flexibility index (Phi) is 3.92. The highest BCUT2D eigenvalue weighted by Crippen LogP contribution is 2.27. The summed E-state index contributed by atoms with van der Waals surface area (Å²) in [6, 6.07) is 1.54. The van der Waals surface area contributed by atoms with Crippen molar-refractivity contribution in [2.75, 3.05) is 13.1 Å². The van der Waals surface area contributed by atoms with Gasteiger partial charge in [0.25, 0.3) is 0 Å². The summed E-state index contributed by atoms with van der Waals surface area (Å²) in [4.78, 5) is 2.03. The fourth-order valence-corrected chi connectivity index (χ4v) is 2.72. The zero-order valence-corrected chi connectivity index (χ0v) is 11.3. The van der Waals surface area contributed by atoms with Crippen LogP contribution in [0, 0.1) is 17.5 Å². The first-order chi connectivity index (χ1) is 10.1. The van der Waals surface area contributed by atoms with Crippen LogP contribution in [0.1, 0.15) is 30.0 Å². The molecule has 0 bridgehead atoms. The Morgan fingerprint density at radius 3 is 2.48 bits per heavy atom. The van der Waals surface area contributed by atoms with Crippen LogP contribution in [0.2, 0.25) is 0 Å². The van der Waals surface area contributed by atoms with Crippen molar-refractivity contribution < 1.29 is 13.2 Å². The second kappa shape index (κ2) is 5.85. The Hall–Kier alpha value is -1.89. The summed E-state index contributed by atoms with van der Waals surface area (Å²) in [5.74, 6) is -2.52. The van der Waals surface area contributed by atoms with Gasteiger partial charge in [-0.15, -0.1) is 5.10 Å². The van der Waals surface area contributed by atoms with E-state index < -0.39 is 17.5 Å². The van der Waals surface area contributed by atoms with E-state index in [9.17, 15) is 13.2 Å². The van der Waals surface area contributed by atoms with Crippen molar-refractivity contribution in [1.29, 1.82) is 0 Å². The molecule has 0 unspecified atom stereocenters. The maximum Gasteiger partial charge on any atom is 0.161 e. The van der Waals surface area contributed by atoms with Crippen LogP contribution in [-0.4, -0.2) is 33.4 Å². The van der Waals surface area contributed by atoms with E-state index in [1.54, 1.807) is 6.20 Å². The molecule has 0 atom stereocenters. The molecule has 1 fully saturated rings. The molecule has 0 aliphatic carbocycles. The lowest BCUT2D eigenvalue weighted by molar-refractivity contribution is 0.200. The quantitative estimate of drug-likeness (QED) is 0.886. The van der Waals surface area contributed by atoms with Crippen LogP contribution < -0.4 is 0 Å². The number of aromatic amines is 1. The first-order valence-electron chi connectivity index (χ1n) is 6.85. The number of hydrogen-bond donors (Lipinski definition) is 1. The van der Waals surface area contributed by atoms with Gasteiger partial charge in [0.1, 0.15) is 5.82 Å². The standard InChI is InChI=1S/C14H15F3N4/c15-11-6-13(17)12(16)5-10(11)8-21-3-1-9(2-4-21)14-7-18-20-19-14/h5-7,9H,1-4,8H2,(H,18,19,20). The lowest BCUT2D eigenvalue weighted by atomic mass is 9.94. The number of piperidine rings is 1. The number of benzene rings is 1. The number of nitrogens with zero attached hydrogens (tertiary/aromatic N) is 3. The lowest BCUT2D eigenvalue weighted by Gasteiger charge is -2.31. The molecule has 1 aromatic carbocycles. The average molecular weight is 296 g/mol. The Bertz CT molecular complexity index is 607. The van der Waals surface area contributed by atoms with Gasteiger partial charge in [-0.3, -0.25) is 10.00 Å². The van der Waals surface area contributed by atoms with Gasteiger partial charge in [0.05, 0.1) is 5.69 Å². The number of nitrogens with one attached hydrogen (secondary N) is 1. The highest BCUT2D eigenvalue weighted by atomic mass is 19.2. The van der Waals surface area contributed by atoms with Crippen LogP contribution in [0.4, 0.5) is 13.2 Å². The van der Waals surface area contributed by atoms with E-state index in [1.165, 1.54) is 0 Å². The first-order valence-corrected chi connectivity index (χ1v) is 6.85. The van der Waals surface area contributed by atoms with Crippen molar-refractivity contribution >= 4 is 0 Å². The van der Waals surface area contributed by atoms with E-state index >= 15 is 0 Å². The fourth-order valence-electron chi connectivity index (χ4n) is 2.72. The van der Waals surface area contributed by atoms with Crippen LogP contribution in [0.15, 0.2) is 18.3 Å². The Morgan fingerprint density at radius 1 is 1.10 bits per heavy atom. The third kappa shape index (κ3) is 3.07. The predicted molar refractivity (Wildman–Crippen MR) is 70.0 cm³/mol. The molecular formula is C14H15F3N4. The number of likely N-dealkylation sites (tertiary alicyclic amines) is 1. The maximum absolute atomic E-state index is 13.6. The molecule has 1 aliphatic rings. The fraction of sp³-hybridized carbons (Fsp3) is 0.429. The van der Waals surface area contributed by atoms with Crippen LogP contribution in [0.3, 0.4) is 0 Å². The number of hydrogen-bond acceptors (Lipinski definition) is 3. The molecule has 1 saturated heterocycles. The molecule has 21 heavy (non-hydrogen) atoms.